The van der Waals surface area contributed by atoms with Gasteiger partial charge in [0.1, 0.15) is 12.4 Å². The number of carbonyl (C=O) groups is 1. The van der Waals surface area contributed by atoms with E-state index in [1.165, 1.54) is 0 Å². The number of nitrogens with zero attached hydrogens (tertiary/aromatic N) is 5. The minimum atomic E-state index is -2.58. The van der Waals surface area contributed by atoms with Crippen molar-refractivity contribution >= 4 is 45.9 Å². The fraction of sp³-hybridized carbons (Fsp3) is 0.257. The van der Waals surface area contributed by atoms with Gasteiger partial charge in [0.2, 0.25) is 5.91 Å². The molecule has 45 heavy (non-hydrogen) atoms. The largest absolute Gasteiger partial charge is 0.366 e. The van der Waals surface area contributed by atoms with Crippen LogP contribution in [0.4, 0.5) is 5.82 Å². The van der Waals surface area contributed by atoms with Crippen LogP contribution in [0, 0.1) is 5.92 Å². The van der Waals surface area contributed by atoms with Crippen molar-refractivity contribution in [2.24, 2.45) is 16.4 Å². The summed E-state index contributed by atoms with van der Waals surface area (Å²) in [5.74, 6) is -0.738. The Bertz CT molecular complexity index is 1820. The Kier molecular flexibility index (Phi) is 7.48. The van der Waals surface area contributed by atoms with Crippen LogP contribution in [-0.4, -0.2) is 43.4 Å². The molecule has 9 nitrogen and oxygen atoms in total. The Morgan fingerprint density at radius 2 is 1.47 bits per heavy atom. The second-order valence-electron chi connectivity index (χ2n) is 12.1. The maximum Gasteiger partial charge on any atom is 0.244 e. The van der Waals surface area contributed by atoms with E-state index in [1.54, 1.807) is 12.7 Å². The lowest BCUT2D eigenvalue weighted by atomic mass is 9.96. The average molecular weight is 619 g/mol. The average Bonchev–Trinajstić information content (AvgIpc) is 3.72. The first-order chi connectivity index (χ1) is 21.8. The molecule has 228 valence electrons. The minimum Gasteiger partial charge on any atom is -0.366 e. The number of fused-ring (bicyclic) bond motifs is 2. The normalized spacial score (nSPS) is 22.3. The molecule has 1 saturated heterocycles. The molecule has 2 aliphatic rings. The Morgan fingerprint density at radius 1 is 0.911 bits per heavy atom. The summed E-state index contributed by atoms with van der Waals surface area (Å²) in [6, 6.07) is 31.1. The van der Waals surface area contributed by atoms with Crippen LogP contribution in [0.25, 0.3) is 11.2 Å². The molecule has 0 unspecified atom stereocenters. The molecule has 2 fully saturated rings. The van der Waals surface area contributed by atoms with Gasteiger partial charge < -0.3 is 19.8 Å². The molecule has 10 heteroatoms. The van der Waals surface area contributed by atoms with Gasteiger partial charge in [-0.25, -0.2) is 19.7 Å². The predicted octanol–water partition coefficient (Wildman–Crippen LogP) is 5.15. The first-order valence-corrected chi connectivity index (χ1v) is 16.8. The molecular formula is C35H35N6O3P. The number of hydrogen-bond donors (Lipinski definition) is 1. The van der Waals surface area contributed by atoms with E-state index in [2.05, 4.69) is 83.9 Å². The molecule has 2 N–H and O–H groups in total. The lowest BCUT2D eigenvalue weighted by molar-refractivity contribution is -0.160. The topological polar surface area (TPSA) is 118 Å². The van der Waals surface area contributed by atoms with E-state index in [-0.39, 0.29) is 24.2 Å². The molecule has 0 spiro atoms. The van der Waals surface area contributed by atoms with Crippen LogP contribution in [0.5, 0.6) is 0 Å². The maximum absolute atomic E-state index is 11.9. The molecule has 0 bridgehead atoms. The summed E-state index contributed by atoms with van der Waals surface area (Å²) in [6.45, 7) is 7.73. The number of nitrogens with two attached hydrogens (primary N) is 1. The van der Waals surface area contributed by atoms with E-state index in [4.69, 9.17) is 34.9 Å². The van der Waals surface area contributed by atoms with Gasteiger partial charge in [-0.1, -0.05) is 97.6 Å². The third kappa shape index (κ3) is 5.21. The smallest absolute Gasteiger partial charge is 0.244 e. The van der Waals surface area contributed by atoms with Crippen LogP contribution in [0.1, 0.15) is 32.7 Å². The van der Waals surface area contributed by atoms with Crippen LogP contribution >= 0.6 is 7.05 Å². The highest BCUT2D eigenvalue weighted by Gasteiger charge is 2.54. The predicted molar refractivity (Wildman–Crippen MR) is 176 cm³/mol. The second-order valence-corrected chi connectivity index (χ2v) is 15.1. The number of primary amides is 1. The third-order valence-electron chi connectivity index (χ3n) is 8.74. The molecule has 3 aromatic carbocycles. The van der Waals surface area contributed by atoms with E-state index >= 15 is 0 Å². The lowest BCUT2D eigenvalue weighted by Crippen LogP contribution is -2.27. The van der Waals surface area contributed by atoms with Crippen molar-refractivity contribution in [2.75, 3.05) is 0 Å². The van der Waals surface area contributed by atoms with Gasteiger partial charge in [-0.3, -0.25) is 4.79 Å². The van der Waals surface area contributed by atoms with Crippen molar-refractivity contribution in [3.63, 3.8) is 0 Å². The van der Waals surface area contributed by atoms with Crippen molar-refractivity contribution in [1.82, 2.24) is 19.5 Å². The quantitative estimate of drug-likeness (QED) is 0.190. The minimum absolute atomic E-state index is 0.00182. The van der Waals surface area contributed by atoms with Crippen molar-refractivity contribution < 1.29 is 14.3 Å². The van der Waals surface area contributed by atoms with Crippen LogP contribution < -0.4 is 21.6 Å². The van der Waals surface area contributed by atoms with Gasteiger partial charge in [0, 0.05) is 21.5 Å². The summed E-state index contributed by atoms with van der Waals surface area (Å²) in [5, 5.41) is 3.34. The van der Waals surface area contributed by atoms with Gasteiger partial charge in [-0.2, -0.15) is 0 Å². The second kappa shape index (κ2) is 11.5. The van der Waals surface area contributed by atoms with E-state index in [9.17, 15) is 4.79 Å². The lowest BCUT2D eigenvalue weighted by Gasteiger charge is -2.26. The van der Waals surface area contributed by atoms with Crippen molar-refractivity contribution in [1.29, 1.82) is 0 Å². The fourth-order valence-corrected chi connectivity index (χ4v) is 10.3. The van der Waals surface area contributed by atoms with Crippen LogP contribution in [0.2, 0.25) is 0 Å². The highest BCUT2D eigenvalue weighted by Crippen LogP contribution is 2.51. The van der Waals surface area contributed by atoms with E-state index < -0.39 is 18.7 Å². The van der Waals surface area contributed by atoms with Gasteiger partial charge in [0.15, 0.2) is 22.8 Å². The van der Waals surface area contributed by atoms with Crippen molar-refractivity contribution in [3.05, 3.63) is 116 Å². The molecule has 1 aliphatic heterocycles. The maximum atomic E-state index is 11.9. The first-order valence-electron chi connectivity index (χ1n) is 15.1. The number of amides is 1. The summed E-state index contributed by atoms with van der Waals surface area (Å²) in [7, 11) is -2.58. The molecule has 1 amide bonds. The van der Waals surface area contributed by atoms with Crippen molar-refractivity contribution in [2.45, 2.75) is 50.7 Å². The summed E-state index contributed by atoms with van der Waals surface area (Å²) in [4.78, 5) is 26.2. The monoisotopic (exact) mass is 618 g/mol. The van der Waals surface area contributed by atoms with Gasteiger partial charge in [0.25, 0.3) is 0 Å². The zero-order valence-electron chi connectivity index (χ0n) is 25.2. The molecular weight excluding hydrogens is 583 g/mol. The standard InChI is InChI=1S/C35H35N6O3P/c1-23(32(36)42)19-24-20-28(31-30(24)43-35(2,3)44-31)41-22-39-29-33(37-21-38-34(29)41)40-45(25-13-7-4-8-14-25,26-15-9-5-10-16-26)27-17-11-6-12-18-27/h4-18,21-22,24,28,30-31H,1,19-20H2,2-3H3,(H2,36,42)/t24-,28-,30-,31+/m1/s1. The van der Waals surface area contributed by atoms with Crippen LogP contribution in [0.15, 0.2) is 121 Å². The fourth-order valence-electron chi connectivity index (χ4n) is 6.80. The SMILES string of the molecule is C=C(C[C@@H]1C[C@@H](n2cnc3c(N=P(c4ccccc4)(c4ccccc4)c4ccccc4)ncnc32)[C@@H]2OC(C)(C)O[C@H]12)C(N)=O. The van der Waals surface area contributed by atoms with Crippen LogP contribution in [0.3, 0.4) is 0 Å². The van der Waals surface area contributed by atoms with Gasteiger partial charge in [-0.15, -0.1) is 0 Å². The number of ether oxygens (including phenoxy) is 2. The Hall–Kier alpha value is -4.43. The van der Waals surface area contributed by atoms with Gasteiger partial charge in [0.05, 0.1) is 25.5 Å². The first kappa shape index (κ1) is 29.3. The third-order valence-corrected chi connectivity index (χ3v) is 12.4. The van der Waals surface area contributed by atoms with E-state index in [0.29, 0.717) is 35.4 Å². The molecule has 0 radical (unpaired) electrons. The molecule has 1 aliphatic carbocycles. The Labute approximate surface area is 262 Å². The number of hydrogen-bond acceptors (Lipinski definition) is 7. The summed E-state index contributed by atoms with van der Waals surface area (Å²) < 4.78 is 20.4. The Balaban J connectivity index is 1.39. The van der Waals surface area contributed by atoms with Gasteiger partial charge >= 0.3 is 0 Å². The Morgan fingerprint density at radius 3 is 2.02 bits per heavy atom. The number of aromatic nitrogens is 4. The molecule has 1 saturated carbocycles. The van der Waals surface area contributed by atoms with Gasteiger partial charge in [-0.05, 0) is 32.6 Å². The molecule has 7 rings (SSSR count). The van der Waals surface area contributed by atoms with Crippen LogP contribution in [-0.2, 0) is 14.3 Å². The highest BCUT2D eigenvalue weighted by atomic mass is 31.2. The number of imidazole rings is 1. The van der Waals surface area contributed by atoms with E-state index in [0.717, 1.165) is 15.9 Å². The molecule has 3 heterocycles. The highest BCUT2D eigenvalue weighted by molar-refractivity contribution is 7.87. The number of carbonyl (C=O) groups excluding carboxylic acids is 1. The molecule has 5 aromatic rings. The van der Waals surface area contributed by atoms with E-state index in [1.807, 2.05) is 32.0 Å². The molecule has 4 atom stereocenters. The summed E-state index contributed by atoms with van der Waals surface area (Å²) in [6.07, 6.45) is 4.00. The van der Waals surface area contributed by atoms with Crippen molar-refractivity contribution in [3.8, 4) is 0 Å². The zero-order valence-corrected chi connectivity index (χ0v) is 26.1. The zero-order chi connectivity index (χ0) is 31.2. The summed E-state index contributed by atoms with van der Waals surface area (Å²) in [5.41, 5.74) is 7.22. The number of rotatable bonds is 8. The number of benzene rings is 3. The summed E-state index contributed by atoms with van der Waals surface area (Å²) >= 11 is 0. The molecule has 2 aromatic heterocycles.